The summed E-state index contributed by atoms with van der Waals surface area (Å²) in [6.07, 6.45) is -1.42. The zero-order chi connectivity index (χ0) is 33.1. The standard InChI is InChI=1S/C32H28BrN5O8/c1-18(34-32(42)43)29(39)35-25-17-37(30(40)19-7-11-22(12-8-19)38(44)45)27-6-4-3-5-26(27)36(31(25)41)16-24-23-13-10-21(33)15-20(23)9-14-28(24)46-2/h3-15,18,25,34H,16-17H2,1-2H3,(H,35,39)(H,42,43)/t18-,25-/m0/s1. The minimum absolute atomic E-state index is 0.00709. The summed E-state index contributed by atoms with van der Waals surface area (Å²) >= 11 is 3.49. The Morgan fingerprint density at radius 3 is 2.41 bits per heavy atom. The summed E-state index contributed by atoms with van der Waals surface area (Å²) < 4.78 is 6.55. The van der Waals surface area contributed by atoms with Crippen molar-refractivity contribution < 1.29 is 33.9 Å². The second-order valence-corrected chi connectivity index (χ2v) is 11.4. The predicted molar refractivity (Wildman–Crippen MR) is 173 cm³/mol. The van der Waals surface area contributed by atoms with Gasteiger partial charge in [0.25, 0.3) is 17.5 Å². The molecule has 0 saturated heterocycles. The molecule has 1 aliphatic heterocycles. The summed E-state index contributed by atoms with van der Waals surface area (Å²) in [7, 11) is 1.52. The Morgan fingerprint density at radius 1 is 1.07 bits per heavy atom. The van der Waals surface area contributed by atoms with Gasteiger partial charge >= 0.3 is 6.09 Å². The highest BCUT2D eigenvalue weighted by Gasteiger charge is 2.38. The van der Waals surface area contributed by atoms with Crippen LogP contribution in [0.3, 0.4) is 0 Å². The molecular formula is C32H28BrN5O8. The number of carbonyl (C=O) groups excluding carboxylic acids is 3. The second-order valence-electron chi connectivity index (χ2n) is 10.5. The molecule has 0 spiro atoms. The van der Waals surface area contributed by atoms with Crippen molar-refractivity contribution in [3.8, 4) is 5.75 Å². The lowest BCUT2D eigenvalue weighted by Gasteiger charge is -2.27. The number of nitrogens with one attached hydrogen (secondary N) is 2. The van der Waals surface area contributed by atoms with Gasteiger partial charge < -0.3 is 30.3 Å². The van der Waals surface area contributed by atoms with Crippen LogP contribution in [0.1, 0.15) is 22.8 Å². The minimum atomic E-state index is -1.42. The third-order valence-corrected chi connectivity index (χ3v) is 8.09. The molecule has 0 aromatic heterocycles. The molecule has 0 saturated carbocycles. The number of methoxy groups -OCH3 is 1. The summed E-state index contributed by atoms with van der Waals surface area (Å²) in [6.45, 7) is 1.01. The van der Waals surface area contributed by atoms with E-state index in [1.54, 1.807) is 30.3 Å². The molecule has 4 amide bonds. The van der Waals surface area contributed by atoms with Gasteiger partial charge in [-0.25, -0.2) is 4.79 Å². The molecule has 236 valence electrons. The molecule has 0 radical (unpaired) electrons. The number of hydrogen-bond donors (Lipinski definition) is 3. The monoisotopic (exact) mass is 689 g/mol. The average Bonchev–Trinajstić information content (AvgIpc) is 3.14. The zero-order valence-electron chi connectivity index (χ0n) is 24.6. The van der Waals surface area contributed by atoms with Crippen LogP contribution in [0.4, 0.5) is 21.9 Å². The Balaban J connectivity index is 1.63. The first kappa shape index (κ1) is 31.9. The molecular weight excluding hydrogens is 662 g/mol. The van der Waals surface area contributed by atoms with Crippen molar-refractivity contribution in [2.75, 3.05) is 23.5 Å². The second kappa shape index (κ2) is 13.2. The number of hydrogen-bond acceptors (Lipinski definition) is 7. The normalized spacial score (nSPS) is 15.0. The summed E-state index contributed by atoms with van der Waals surface area (Å²) in [5.41, 5.74) is 1.32. The van der Waals surface area contributed by atoms with E-state index >= 15 is 0 Å². The fourth-order valence-electron chi connectivity index (χ4n) is 5.34. The lowest BCUT2D eigenvalue weighted by atomic mass is 10.0. The molecule has 46 heavy (non-hydrogen) atoms. The van der Waals surface area contributed by atoms with E-state index in [4.69, 9.17) is 9.84 Å². The van der Waals surface area contributed by atoms with Crippen LogP contribution in [0.25, 0.3) is 10.8 Å². The van der Waals surface area contributed by atoms with Gasteiger partial charge in [-0.15, -0.1) is 0 Å². The maximum atomic E-state index is 14.4. The van der Waals surface area contributed by atoms with Gasteiger partial charge in [0, 0.05) is 27.7 Å². The number of nitro benzene ring substituents is 1. The highest BCUT2D eigenvalue weighted by molar-refractivity contribution is 9.10. The van der Waals surface area contributed by atoms with Crippen molar-refractivity contribution in [1.82, 2.24) is 10.6 Å². The molecule has 1 aliphatic rings. The molecule has 4 aromatic carbocycles. The summed E-state index contributed by atoms with van der Waals surface area (Å²) in [5.74, 6) is -1.39. The van der Waals surface area contributed by atoms with Crippen molar-refractivity contribution in [1.29, 1.82) is 0 Å². The number of carbonyl (C=O) groups is 4. The quantitative estimate of drug-likeness (QED) is 0.174. The molecule has 0 unspecified atom stereocenters. The topological polar surface area (TPSA) is 171 Å². The van der Waals surface area contributed by atoms with Crippen LogP contribution in [0.2, 0.25) is 0 Å². The fraction of sp³-hybridized carbons (Fsp3) is 0.188. The Labute approximate surface area is 271 Å². The van der Waals surface area contributed by atoms with Crippen LogP contribution in [0, 0.1) is 10.1 Å². The Bertz CT molecular complexity index is 1870. The van der Waals surface area contributed by atoms with E-state index in [1.807, 2.05) is 24.3 Å². The van der Waals surface area contributed by atoms with E-state index in [9.17, 15) is 29.3 Å². The van der Waals surface area contributed by atoms with Crippen molar-refractivity contribution in [3.05, 3.63) is 105 Å². The van der Waals surface area contributed by atoms with Crippen LogP contribution in [0.15, 0.2) is 83.3 Å². The van der Waals surface area contributed by atoms with Crippen molar-refractivity contribution in [2.24, 2.45) is 0 Å². The van der Waals surface area contributed by atoms with Gasteiger partial charge in [0.15, 0.2) is 0 Å². The Hall–Kier alpha value is -5.50. The summed E-state index contributed by atoms with van der Waals surface area (Å²) in [4.78, 5) is 66.1. The number of ether oxygens (including phenoxy) is 1. The van der Waals surface area contributed by atoms with Gasteiger partial charge in [0.1, 0.15) is 17.8 Å². The number of non-ortho nitro benzene ring substituents is 1. The largest absolute Gasteiger partial charge is 0.496 e. The van der Waals surface area contributed by atoms with Gasteiger partial charge in [0.05, 0.1) is 36.5 Å². The van der Waals surface area contributed by atoms with Crippen molar-refractivity contribution in [3.63, 3.8) is 0 Å². The van der Waals surface area contributed by atoms with E-state index in [-0.39, 0.29) is 24.3 Å². The fourth-order valence-corrected chi connectivity index (χ4v) is 5.71. The summed E-state index contributed by atoms with van der Waals surface area (Å²) in [6, 6.07) is 18.7. The molecule has 2 atom stereocenters. The van der Waals surface area contributed by atoms with Crippen LogP contribution >= 0.6 is 15.9 Å². The van der Waals surface area contributed by atoms with E-state index in [2.05, 4.69) is 26.6 Å². The first-order valence-electron chi connectivity index (χ1n) is 14.0. The van der Waals surface area contributed by atoms with Gasteiger partial charge in [0.2, 0.25) is 5.91 Å². The van der Waals surface area contributed by atoms with Crippen LogP contribution in [0.5, 0.6) is 5.75 Å². The summed E-state index contributed by atoms with van der Waals surface area (Å²) in [5, 5.41) is 26.7. The predicted octanol–water partition coefficient (Wildman–Crippen LogP) is 4.85. The maximum absolute atomic E-state index is 14.4. The Morgan fingerprint density at radius 2 is 1.76 bits per heavy atom. The van der Waals surface area contributed by atoms with E-state index in [1.165, 1.54) is 48.1 Å². The highest BCUT2D eigenvalue weighted by Crippen LogP contribution is 2.38. The van der Waals surface area contributed by atoms with Crippen molar-refractivity contribution in [2.45, 2.75) is 25.6 Å². The third kappa shape index (κ3) is 6.47. The van der Waals surface area contributed by atoms with Crippen LogP contribution in [-0.2, 0) is 16.1 Å². The molecule has 3 N–H and O–H groups in total. The number of nitrogens with zero attached hydrogens (tertiary/aromatic N) is 3. The first-order chi connectivity index (χ1) is 22.0. The van der Waals surface area contributed by atoms with Gasteiger partial charge in [-0.3, -0.25) is 24.5 Å². The van der Waals surface area contributed by atoms with Crippen molar-refractivity contribution >= 4 is 67.6 Å². The maximum Gasteiger partial charge on any atom is 0.405 e. The number of anilines is 2. The number of rotatable bonds is 8. The van der Waals surface area contributed by atoms with Crippen LogP contribution in [-0.4, -0.2) is 59.6 Å². The number of halogens is 1. The molecule has 14 heteroatoms. The molecule has 4 aromatic rings. The number of benzene rings is 4. The first-order valence-corrected chi connectivity index (χ1v) is 14.8. The van der Waals surface area contributed by atoms with E-state index < -0.39 is 40.8 Å². The molecule has 5 rings (SSSR count). The number of nitro groups is 1. The molecule has 0 bridgehead atoms. The van der Waals surface area contributed by atoms with Gasteiger partial charge in [-0.1, -0.05) is 40.2 Å². The number of carboxylic acid groups (broad SMARTS) is 1. The SMILES string of the molecule is COc1ccc2cc(Br)ccc2c1CN1C(=O)[C@@H](NC(=O)[C@H](C)NC(=O)O)CN(C(=O)c2ccc([N+](=O)[O-])cc2)c2ccccc21. The van der Waals surface area contributed by atoms with E-state index in [0.29, 0.717) is 22.7 Å². The number of fused-ring (bicyclic) bond motifs is 2. The Kier molecular flexibility index (Phi) is 9.18. The lowest BCUT2D eigenvalue weighted by Crippen LogP contribution is -2.56. The zero-order valence-corrected chi connectivity index (χ0v) is 26.2. The number of para-hydroxylation sites is 2. The average molecular weight is 691 g/mol. The lowest BCUT2D eigenvalue weighted by molar-refractivity contribution is -0.384. The molecule has 13 nitrogen and oxygen atoms in total. The minimum Gasteiger partial charge on any atom is -0.496 e. The number of amides is 4. The van der Waals surface area contributed by atoms with Gasteiger partial charge in [-0.05, 0) is 60.2 Å². The van der Waals surface area contributed by atoms with Gasteiger partial charge in [-0.2, -0.15) is 0 Å². The van der Waals surface area contributed by atoms with E-state index in [0.717, 1.165) is 15.2 Å². The molecule has 0 aliphatic carbocycles. The smallest absolute Gasteiger partial charge is 0.405 e. The third-order valence-electron chi connectivity index (χ3n) is 7.60. The molecule has 1 heterocycles. The highest BCUT2D eigenvalue weighted by atomic mass is 79.9. The van der Waals surface area contributed by atoms with Crippen LogP contribution < -0.4 is 25.2 Å². The molecule has 0 fully saturated rings.